The first kappa shape index (κ1) is 11.7. The lowest BCUT2D eigenvalue weighted by molar-refractivity contribution is 0.630. The van der Waals surface area contributed by atoms with Crippen LogP contribution >= 0.6 is 27.7 Å². The molecule has 0 aliphatic rings. The molecule has 0 saturated carbocycles. The van der Waals surface area contributed by atoms with E-state index in [0.717, 1.165) is 14.9 Å². The third kappa shape index (κ3) is 2.30. The van der Waals surface area contributed by atoms with Gasteiger partial charge in [0.25, 0.3) is 0 Å². The third-order valence-corrected chi connectivity index (χ3v) is 3.61. The number of benzene rings is 2. The molecule has 82 valence electrons. The molecule has 0 bridgehead atoms. The Labute approximate surface area is 107 Å². The maximum atomic E-state index is 13.7. The van der Waals surface area contributed by atoms with Gasteiger partial charge in [-0.1, -0.05) is 34.1 Å². The van der Waals surface area contributed by atoms with Gasteiger partial charge in [0.1, 0.15) is 5.82 Å². The normalized spacial score (nSPS) is 10.4. The zero-order valence-electron chi connectivity index (χ0n) is 8.71. The molecule has 0 aromatic heterocycles. The number of rotatable bonds is 2. The van der Waals surface area contributed by atoms with E-state index < -0.39 is 0 Å². The second-order valence-corrected chi connectivity index (χ2v) is 5.09. The fourth-order valence-electron chi connectivity index (χ4n) is 1.57. The van der Waals surface area contributed by atoms with Gasteiger partial charge >= 0.3 is 0 Å². The van der Waals surface area contributed by atoms with Crippen molar-refractivity contribution < 1.29 is 4.39 Å². The average molecular weight is 297 g/mol. The van der Waals surface area contributed by atoms with Gasteiger partial charge in [-0.3, -0.25) is 0 Å². The van der Waals surface area contributed by atoms with Crippen LogP contribution in [0.1, 0.15) is 0 Å². The first-order valence-electron chi connectivity index (χ1n) is 4.81. The van der Waals surface area contributed by atoms with E-state index in [1.165, 1.54) is 6.07 Å². The molecular weight excluding hydrogens is 287 g/mol. The van der Waals surface area contributed by atoms with Gasteiger partial charge in [-0.2, -0.15) is 0 Å². The molecule has 3 heteroatoms. The lowest BCUT2D eigenvalue weighted by Gasteiger charge is -2.08. The first-order valence-corrected chi connectivity index (χ1v) is 6.82. The molecule has 0 unspecified atom stereocenters. The molecular formula is C13H10BrFS. The van der Waals surface area contributed by atoms with Crippen LogP contribution in [0.2, 0.25) is 0 Å². The van der Waals surface area contributed by atoms with E-state index in [1.807, 2.05) is 36.6 Å². The maximum Gasteiger partial charge on any atom is 0.131 e. The lowest BCUT2D eigenvalue weighted by atomic mass is 10.1. The molecule has 2 aromatic rings. The summed E-state index contributed by atoms with van der Waals surface area (Å²) >= 11 is 4.99. The van der Waals surface area contributed by atoms with Gasteiger partial charge in [0.15, 0.2) is 0 Å². The average Bonchev–Trinajstić information content (AvgIpc) is 2.32. The predicted molar refractivity (Wildman–Crippen MR) is 71.3 cm³/mol. The van der Waals surface area contributed by atoms with Crippen LogP contribution in [0.4, 0.5) is 4.39 Å². The largest absolute Gasteiger partial charge is 0.206 e. The van der Waals surface area contributed by atoms with Gasteiger partial charge in [0.2, 0.25) is 0 Å². The Morgan fingerprint density at radius 1 is 1.06 bits per heavy atom. The second-order valence-electron chi connectivity index (χ2n) is 3.32. The van der Waals surface area contributed by atoms with Gasteiger partial charge < -0.3 is 0 Å². The second kappa shape index (κ2) is 5.02. The van der Waals surface area contributed by atoms with Crippen molar-refractivity contribution in [3.8, 4) is 11.1 Å². The summed E-state index contributed by atoms with van der Waals surface area (Å²) in [6.07, 6.45) is 1.99. The molecule has 0 aliphatic carbocycles. The van der Waals surface area contributed by atoms with Gasteiger partial charge in [-0.05, 0) is 36.1 Å². The molecule has 0 nitrogen and oxygen atoms in total. The maximum absolute atomic E-state index is 13.7. The van der Waals surface area contributed by atoms with E-state index in [1.54, 1.807) is 17.8 Å². The first-order chi connectivity index (χ1) is 7.72. The summed E-state index contributed by atoms with van der Waals surface area (Å²) in [6.45, 7) is 0. The number of hydrogen-bond donors (Lipinski definition) is 0. The summed E-state index contributed by atoms with van der Waals surface area (Å²) in [4.78, 5) is 1.08. The molecule has 2 rings (SSSR count). The van der Waals surface area contributed by atoms with Crippen molar-refractivity contribution in [1.82, 2.24) is 0 Å². The quantitative estimate of drug-likeness (QED) is 0.705. The zero-order chi connectivity index (χ0) is 11.5. The van der Waals surface area contributed by atoms with Crippen molar-refractivity contribution >= 4 is 27.7 Å². The highest BCUT2D eigenvalue weighted by atomic mass is 79.9. The van der Waals surface area contributed by atoms with Crippen molar-refractivity contribution in [2.24, 2.45) is 0 Å². The van der Waals surface area contributed by atoms with Crippen LogP contribution in [0.15, 0.2) is 51.8 Å². The van der Waals surface area contributed by atoms with Crippen molar-refractivity contribution in [3.05, 3.63) is 52.8 Å². The van der Waals surface area contributed by atoms with Crippen LogP contribution in [0, 0.1) is 5.82 Å². The van der Waals surface area contributed by atoms with Crippen molar-refractivity contribution in [1.29, 1.82) is 0 Å². The molecule has 0 aliphatic heterocycles. The molecule has 2 aromatic carbocycles. The van der Waals surface area contributed by atoms with Gasteiger partial charge in [-0.25, -0.2) is 4.39 Å². The van der Waals surface area contributed by atoms with E-state index in [2.05, 4.69) is 15.9 Å². The van der Waals surface area contributed by atoms with E-state index in [4.69, 9.17) is 0 Å². The summed E-state index contributed by atoms with van der Waals surface area (Å²) in [6, 6.07) is 12.8. The predicted octanol–water partition coefficient (Wildman–Crippen LogP) is 4.98. The summed E-state index contributed by atoms with van der Waals surface area (Å²) in [5, 5.41) is 0. The number of hydrogen-bond acceptors (Lipinski definition) is 1. The Morgan fingerprint density at radius 2 is 1.81 bits per heavy atom. The Bertz CT molecular complexity index is 511. The molecule has 0 radical (unpaired) electrons. The van der Waals surface area contributed by atoms with Crippen LogP contribution in [0.25, 0.3) is 11.1 Å². The summed E-state index contributed by atoms with van der Waals surface area (Å²) in [5.41, 5.74) is 1.58. The smallest absolute Gasteiger partial charge is 0.131 e. The highest BCUT2D eigenvalue weighted by Gasteiger charge is 2.09. The fraction of sp³-hybridized carbons (Fsp3) is 0.0769. The summed E-state index contributed by atoms with van der Waals surface area (Å²) in [5.74, 6) is -0.190. The Morgan fingerprint density at radius 3 is 2.56 bits per heavy atom. The van der Waals surface area contributed by atoms with Crippen molar-refractivity contribution in [2.45, 2.75) is 4.90 Å². The molecule has 0 N–H and O–H groups in total. The molecule has 0 spiro atoms. The van der Waals surface area contributed by atoms with Crippen LogP contribution < -0.4 is 0 Å². The minimum Gasteiger partial charge on any atom is -0.206 e. The standard InChI is InChI=1S/C13H10BrFS/c1-16-13-5-3-2-4-10(13)11-8-9(14)6-7-12(11)15/h2-8H,1H3. The highest BCUT2D eigenvalue weighted by Crippen LogP contribution is 2.33. The minimum absolute atomic E-state index is 0.190. The molecule has 0 heterocycles. The van der Waals surface area contributed by atoms with Crippen molar-refractivity contribution in [2.75, 3.05) is 6.26 Å². The van der Waals surface area contributed by atoms with Gasteiger partial charge in [-0.15, -0.1) is 11.8 Å². The fourth-order valence-corrected chi connectivity index (χ4v) is 2.54. The van der Waals surface area contributed by atoms with Crippen LogP contribution in [0.5, 0.6) is 0 Å². The van der Waals surface area contributed by atoms with E-state index in [0.29, 0.717) is 5.56 Å². The SMILES string of the molecule is CSc1ccccc1-c1cc(Br)ccc1F. The number of halogens is 2. The zero-order valence-corrected chi connectivity index (χ0v) is 11.1. The Balaban J connectivity index is 2.62. The lowest BCUT2D eigenvalue weighted by Crippen LogP contribution is -1.86. The molecule has 0 amide bonds. The molecule has 0 saturated heterocycles. The Kier molecular flexibility index (Phi) is 3.66. The van der Waals surface area contributed by atoms with E-state index in [-0.39, 0.29) is 5.82 Å². The summed E-state index contributed by atoms with van der Waals surface area (Å²) in [7, 11) is 0. The highest BCUT2D eigenvalue weighted by molar-refractivity contribution is 9.10. The van der Waals surface area contributed by atoms with Crippen LogP contribution in [-0.2, 0) is 0 Å². The molecule has 0 fully saturated rings. The topological polar surface area (TPSA) is 0 Å². The third-order valence-electron chi connectivity index (χ3n) is 2.33. The monoisotopic (exact) mass is 296 g/mol. The van der Waals surface area contributed by atoms with Crippen LogP contribution in [-0.4, -0.2) is 6.26 Å². The van der Waals surface area contributed by atoms with E-state index in [9.17, 15) is 4.39 Å². The molecule has 16 heavy (non-hydrogen) atoms. The van der Waals surface area contributed by atoms with Crippen molar-refractivity contribution in [3.63, 3.8) is 0 Å². The number of thioether (sulfide) groups is 1. The van der Waals surface area contributed by atoms with Gasteiger partial charge in [0.05, 0.1) is 0 Å². The molecule has 0 atom stereocenters. The van der Waals surface area contributed by atoms with Gasteiger partial charge in [0, 0.05) is 14.9 Å². The van der Waals surface area contributed by atoms with Crippen LogP contribution in [0.3, 0.4) is 0 Å². The minimum atomic E-state index is -0.190. The van der Waals surface area contributed by atoms with E-state index >= 15 is 0 Å². The summed E-state index contributed by atoms with van der Waals surface area (Å²) < 4.78 is 14.6. The Hall–Kier alpha value is -0.800.